The first-order chi connectivity index (χ1) is 15.4. The van der Waals surface area contributed by atoms with Crippen molar-refractivity contribution in [3.63, 3.8) is 0 Å². The second-order valence-electron chi connectivity index (χ2n) is 8.93. The average Bonchev–Trinajstić information content (AvgIpc) is 3.16. The van der Waals surface area contributed by atoms with Gasteiger partial charge in [0.05, 0.1) is 19.8 Å². The number of rotatable bonds is 17. The van der Waals surface area contributed by atoms with Crippen LogP contribution in [-0.2, 0) is 31.0 Å². The summed E-state index contributed by atoms with van der Waals surface area (Å²) in [7, 11) is -3.51. The average molecular weight is 466 g/mol. The predicted octanol–water partition coefficient (Wildman–Crippen LogP) is 7.21. The lowest BCUT2D eigenvalue weighted by Gasteiger charge is -2.28. The fourth-order valence-corrected chi connectivity index (χ4v) is 5.48. The Labute approximate surface area is 195 Å². The molecule has 0 unspecified atom stereocenters. The van der Waals surface area contributed by atoms with Gasteiger partial charge in [0.25, 0.3) is 0 Å². The zero-order valence-electron chi connectivity index (χ0n) is 20.7. The van der Waals surface area contributed by atoms with Gasteiger partial charge in [-0.15, -0.1) is 0 Å². The van der Waals surface area contributed by atoms with E-state index in [-0.39, 0.29) is 5.41 Å². The van der Waals surface area contributed by atoms with Crippen molar-refractivity contribution in [2.45, 2.75) is 85.5 Å². The summed E-state index contributed by atoms with van der Waals surface area (Å²) in [5.41, 5.74) is 3.66. The number of benzene rings is 1. The number of hydrogen-bond acceptors (Lipinski definition) is 5. The van der Waals surface area contributed by atoms with Crippen LogP contribution in [0.2, 0.25) is 0 Å². The first kappa shape index (κ1) is 27.1. The van der Waals surface area contributed by atoms with Crippen molar-refractivity contribution in [2.75, 3.05) is 26.4 Å². The van der Waals surface area contributed by atoms with Gasteiger partial charge in [-0.25, -0.2) is 4.57 Å². The van der Waals surface area contributed by atoms with Crippen molar-refractivity contribution in [2.24, 2.45) is 5.41 Å². The third kappa shape index (κ3) is 9.39. The maximum atomic E-state index is 12.8. The molecule has 1 aromatic carbocycles. The molecule has 32 heavy (non-hydrogen) atoms. The first-order valence-electron chi connectivity index (χ1n) is 12.5. The van der Waals surface area contributed by atoms with Crippen LogP contribution in [0.5, 0.6) is 0 Å². The molecule has 0 saturated carbocycles. The number of allylic oxidation sites excluding steroid dienone is 1. The molecule has 6 heteroatoms. The summed E-state index contributed by atoms with van der Waals surface area (Å²) in [6, 6.07) is 9.06. The third-order valence-corrected chi connectivity index (χ3v) is 7.67. The largest absolute Gasteiger partial charge is 0.474 e. The molecule has 1 heterocycles. The lowest BCUT2D eigenvalue weighted by atomic mass is 9.84. The Morgan fingerprint density at radius 1 is 0.875 bits per heavy atom. The van der Waals surface area contributed by atoms with Crippen molar-refractivity contribution in [1.29, 1.82) is 0 Å². The van der Waals surface area contributed by atoms with E-state index in [0.29, 0.717) is 19.8 Å². The van der Waals surface area contributed by atoms with E-state index in [1.165, 1.54) is 56.1 Å². The van der Waals surface area contributed by atoms with Gasteiger partial charge < -0.3 is 5.32 Å². The minimum Gasteiger partial charge on any atom is -0.388 e. The Morgan fingerprint density at radius 2 is 1.47 bits per heavy atom. The Balaban J connectivity index is 1.87. The maximum Gasteiger partial charge on any atom is 0.474 e. The summed E-state index contributed by atoms with van der Waals surface area (Å²) in [6.07, 6.45) is 13.2. The quantitative estimate of drug-likeness (QED) is 0.194. The van der Waals surface area contributed by atoms with Gasteiger partial charge in [0.1, 0.15) is 0 Å². The zero-order chi connectivity index (χ0) is 23.3. The predicted molar refractivity (Wildman–Crippen MR) is 133 cm³/mol. The number of phosphoric acid groups is 1. The van der Waals surface area contributed by atoms with Crippen LogP contribution in [-0.4, -0.2) is 26.4 Å². The van der Waals surface area contributed by atoms with Crippen LogP contribution >= 0.6 is 7.82 Å². The van der Waals surface area contributed by atoms with Crippen molar-refractivity contribution < 1.29 is 18.1 Å². The van der Waals surface area contributed by atoms with Crippen LogP contribution in [0.25, 0.3) is 0 Å². The molecule has 1 N–H and O–H groups in total. The molecule has 1 aliphatic rings. The van der Waals surface area contributed by atoms with Crippen LogP contribution < -0.4 is 5.32 Å². The van der Waals surface area contributed by atoms with Crippen molar-refractivity contribution in [3.8, 4) is 0 Å². The van der Waals surface area contributed by atoms with Gasteiger partial charge in [-0.05, 0) is 57.6 Å². The smallest absolute Gasteiger partial charge is 0.388 e. The van der Waals surface area contributed by atoms with E-state index < -0.39 is 7.82 Å². The second kappa shape index (κ2) is 14.2. The van der Waals surface area contributed by atoms with Gasteiger partial charge in [0, 0.05) is 17.7 Å². The minimum absolute atomic E-state index is 0.217. The maximum absolute atomic E-state index is 12.8. The number of phosphoric ester groups is 1. The van der Waals surface area contributed by atoms with Crippen molar-refractivity contribution >= 4 is 7.82 Å². The first-order valence-corrected chi connectivity index (χ1v) is 13.9. The van der Waals surface area contributed by atoms with E-state index in [1.54, 1.807) is 13.8 Å². The summed E-state index contributed by atoms with van der Waals surface area (Å²) < 4.78 is 29.1. The summed E-state index contributed by atoms with van der Waals surface area (Å²) >= 11 is 0. The molecule has 0 amide bonds. The molecule has 0 bridgehead atoms. The lowest BCUT2D eigenvalue weighted by molar-refractivity contribution is 0.0897. The van der Waals surface area contributed by atoms with Crippen molar-refractivity contribution in [1.82, 2.24) is 5.32 Å². The molecule has 1 aliphatic heterocycles. The molecule has 0 aromatic heterocycles. The molecule has 0 aliphatic carbocycles. The topological polar surface area (TPSA) is 56.8 Å². The number of nitrogens with one attached hydrogen (secondary N) is 1. The second-order valence-corrected chi connectivity index (χ2v) is 10.6. The minimum atomic E-state index is -3.51. The van der Waals surface area contributed by atoms with E-state index in [4.69, 9.17) is 13.6 Å². The molecule has 5 nitrogen and oxygen atoms in total. The molecule has 0 spiro atoms. The fraction of sp³-hybridized carbons (Fsp3) is 0.692. The van der Waals surface area contributed by atoms with Gasteiger partial charge in [-0.2, -0.15) is 0 Å². The van der Waals surface area contributed by atoms with E-state index in [9.17, 15) is 4.57 Å². The molecule has 1 aromatic rings. The Bertz CT molecular complexity index is 724. The van der Waals surface area contributed by atoms with Gasteiger partial charge in [0.15, 0.2) is 0 Å². The molecule has 0 saturated heterocycles. The molecular formula is C26H44NO4P. The van der Waals surface area contributed by atoms with Crippen LogP contribution in [0.1, 0.15) is 83.8 Å². The van der Waals surface area contributed by atoms with E-state index in [2.05, 4.69) is 49.5 Å². The normalized spacial score (nSPS) is 18.6. The van der Waals surface area contributed by atoms with Gasteiger partial charge in [-0.1, -0.05) is 69.4 Å². The highest BCUT2D eigenvalue weighted by atomic mass is 31.2. The Hall–Kier alpha value is -1.13. The zero-order valence-corrected chi connectivity index (χ0v) is 21.6. The van der Waals surface area contributed by atoms with E-state index >= 15 is 0 Å². The Morgan fingerprint density at radius 3 is 2.03 bits per heavy atom. The molecule has 0 radical (unpaired) electrons. The SMILES string of the molecule is CCCCCCCCc1ccc(CC[C@@]2(COP(=O)(OCC)OCC)C=C(C)NC2)cc1. The standard InChI is InChI=1S/C26H44NO4P/c1-5-8-9-10-11-12-13-24-14-16-25(17-15-24)18-19-26(20-23(4)27-21-26)22-31-32(28,29-6-2)30-7-3/h14-17,20,27H,5-13,18-19,21-22H2,1-4H3/t26-/m1/s1. The van der Waals surface area contributed by atoms with Crippen LogP contribution in [0.3, 0.4) is 0 Å². The number of aryl methyl sites for hydroxylation is 2. The fourth-order valence-electron chi connectivity index (χ4n) is 4.21. The van der Waals surface area contributed by atoms with Crippen LogP contribution in [0.4, 0.5) is 0 Å². The molecule has 1 atom stereocenters. The van der Waals surface area contributed by atoms with Crippen LogP contribution in [0, 0.1) is 5.41 Å². The van der Waals surface area contributed by atoms with E-state index in [1.807, 2.05) is 0 Å². The van der Waals surface area contributed by atoms with Crippen LogP contribution in [0.15, 0.2) is 36.0 Å². The third-order valence-electron chi connectivity index (χ3n) is 6.08. The number of hydrogen-bond donors (Lipinski definition) is 1. The summed E-state index contributed by atoms with van der Waals surface area (Å²) in [5, 5.41) is 3.41. The summed E-state index contributed by atoms with van der Waals surface area (Å²) in [5.74, 6) is 0. The monoisotopic (exact) mass is 465 g/mol. The molecule has 182 valence electrons. The highest BCUT2D eigenvalue weighted by Crippen LogP contribution is 2.51. The molecule has 0 fully saturated rings. The van der Waals surface area contributed by atoms with Gasteiger partial charge in [0.2, 0.25) is 0 Å². The van der Waals surface area contributed by atoms with Crippen molar-refractivity contribution in [3.05, 3.63) is 47.2 Å². The molecular weight excluding hydrogens is 421 g/mol. The number of unbranched alkanes of at least 4 members (excludes halogenated alkanes) is 5. The molecule has 2 rings (SSSR count). The van der Waals surface area contributed by atoms with Gasteiger partial charge >= 0.3 is 7.82 Å². The highest BCUT2D eigenvalue weighted by Gasteiger charge is 2.36. The van der Waals surface area contributed by atoms with E-state index in [0.717, 1.165) is 25.1 Å². The summed E-state index contributed by atoms with van der Waals surface area (Å²) in [4.78, 5) is 0. The van der Waals surface area contributed by atoms with Gasteiger partial charge in [-0.3, -0.25) is 13.6 Å². The highest BCUT2D eigenvalue weighted by molar-refractivity contribution is 7.48. The summed E-state index contributed by atoms with van der Waals surface area (Å²) in [6.45, 7) is 9.58. The lowest BCUT2D eigenvalue weighted by Crippen LogP contribution is -2.31. The Kier molecular flexibility index (Phi) is 12.0.